The molecule has 2 aromatic rings. The van der Waals surface area contributed by atoms with Gasteiger partial charge in [-0.05, 0) is 57.7 Å². The van der Waals surface area contributed by atoms with E-state index < -0.39 is 0 Å². The number of aromatic nitrogens is 4. The fourth-order valence-corrected chi connectivity index (χ4v) is 3.95. The van der Waals surface area contributed by atoms with Crippen LogP contribution in [0.1, 0.15) is 68.3 Å². The summed E-state index contributed by atoms with van der Waals surface area (Å²) < 4.78 is 7.53. The fourth-order valence-electron chi connectivity index (χ4n) is 3.95. The Morgan fingerprint density at radius 3 is 2.55 bits per heavy atom. The van der Waals surface area contributed by atoms with Crippen LogP contribution in [0.25, 0.3) is 0 Å². The summed E-state index contributed by atoms with van der Waals surface area (Å²) in [7, 11) is 0. The van der Waals surface area contributed by atoms with Crippen LogP contribution in [0.4, 0.5) is 0 Å². The summed E-state index contributed by atoms with van der Waals surface area (Å²) in [6, 6.07) is 0. The second-order valence-corrected chi connectivity index (χ2v) is 8.37. The maximum absolute atomic E-state index is 12.4. The minimum absolute atomic E-state index is 0.0350. The molecule has 1 aliphatic rings. The van der Waals surface area contributed by atoms with Gasteiger partial charge in [-0.2, -0.15) is 5.10 Å². The van der Waals surface area contributed by atoms with Crippen molar-refractivity contribution < 1.29 is 9.21 Å². The smallest absolute Gasteiger partial charge is 0.241 e. The number of likely N-dealkylation sites (tertiary alicyclic amines) is 1. The predicted octanol–water partition coefficient (Wildman–Crippen LogP) is 2.60. The van der Waals surface area contributed by atoms with Gasteiger partial charge in [-0.15, -0.1) is 10.2 Å². The molecule has 0 radical (unpaired) electrons. The third kappa shape index (κ3) is 5.44. The van der Waals surface area contributed by atoms with Crippen molar-refractivity contribution in [3.8, 4) is 0 Å². The van der Waals surface area contributed by atoms with E-state index in [2.05, 4.69) is 46.3 Å². The van der Waals surface area contributed by atoms with Crippen LogP contribution >= 0.6 is 0 Å². The number of nitrogens with one attached hydrogen (secondary N) is 1. The third-order valence-electron chi connectivity index (χ3n) is 5.81. The van der Waals surface area contributed by atoms with Gasteiger partial charge in [-0.3, -0.25) is 14.4 Å². The first-order chi connectivity index (χ1) is 13.9. The van der Waals surface area contributed by atoms with Gasteiger partial charge in [0.1, 0.15) is 6.54 Å². The zero-order valence-corrected chi connectivity index (χ0v) is 18.4. The molecule has 8 nitrogen and oxygen atoms in total. The molecule has 0 aliphatic carbocycles. The van der Waals surface area contributed by atoms with Gasteiger partial charge < -0.3 is 9.73 Å². The van der Waals surface area contributed by atoms with Crippen molar-refractivity contribution >= 4 is 5.91 Å². The van der Waals surface area contributed by atoms with Crippen LogP contribution in [0.2, 0.25) is 0 Å². The maximum Gasteiger partial charge on any atom is 0.241 e. The Bertz CT molecular complexity index is 817. The molecule has 0 spiro atoms. The molecule has 1 N–H and O–H groups in total. The molecule has 1 aliphatic heterocycles. The molecule has 0 aromatic carbocycles. The molecular formula is C21H34N6O2. The van der Waals surface area contributed by atoms with Gasteiger partial charge in [0.2, 0.25) is 17.7 Å². The van der Waals surface area contributed by atoms with E-state index >= 15 is 0 Å². The summed E-state index contributed by atoms with van der Waals surface area (Å²) in [5, 5.41) is 15.9. The number of nitrogens with zero attached hydrogens (tertiary/aromatic N) is 5. The molecule has 3 heterocycles. The Morgan fingerprint density at radius 1 is 1.24 bits per heavy atom. The highest BCUT2D eigenvalue weighted by molar-refractivity contribution is 5.75. The number of hydrogen-bond acceptors (Lipinski definition) is 6. The number of piperidine rings is 1. The highest BCUT2D eigenvalue weighted by Gasteiger charge is 2.22. The topological polar surface area (TPSA) is 89.1 Å². The minimum Gasteiger partial charge on any atom is -0.424 e. The van der Waals surface area contributed by atoms with E-state index in [4.69, 9.17) is 4.42 Å². The number of carbonyl (C=O) groups is 1. The van der Waals surface area contributed by atoms with E-state index in [-0.39, 0.29) is 11.8 Å². The fraction of sp³-hybridized carbons (Fsp3) is 0.714. The summed E-state index contributed by atoms with van der Waals surface area (Å²) in [6.45, 7) is 14.0. The quantitative estimate of drug-likeness (QED) is 0.730. The van der Waals surface area contributed by atoms with Crippen molar-refractivity contribution in [2.45, 2.75) is 72.9 Å². The zero-order chi connectivity index (χ0) is 21.0. The van der Waals surface area contributed by atoms with Crippen LogP contribution in [0.15, 0.2) is 4.42 Å². The molecule has 1 saturated heterocycles. The van der Waals surface area contributed by atoms with E-state index in [0.717, 1.165) is 50.3 Å². The van der Waals surface area contributed by atoms with Gasteiger partial charge in [-0.1, -0.05) is 20.8 Å². The van der Waals surface area contributed by atoms with Crippen LogP contribution in [-0.2, 0) is 24.3 Å². The molecular weight excluding hydrogens is 368 g/mol. The lowest BCUT2D eigenvalue weighted by Crippen LogP contribution is -2.39. The first-order valence-electron chi connectivity index (χ1n) is 10.7. The van der Waals surface area contributed by atoms with Crippen molar-refractivity contribution in [1.82, 2.24) is 30.2 Å². The molecule has 1 fully saturated rings. The van der Waals surface area contributed by atoms with Gasteiger partial charge in [0.15, 0.2) is 0 Å². The van der Waals surface area contributed by atoms with E-state index in [1.165, 1.54) is 5.56 Å². The first kappa shape index (κ1) is 21.5. The van der Waals surface area contributed by atoms with Gasteiger partial charge >= 0.3 is 0 Å². The largest absolute Gasteiger partial charge is 0.424 e. The third-order valence-corrected chi connectivity index (χ3v) is 5.81. The number of aryl methyl sites for hydroxylation is 1. The van der Waals surface area contributed by atoms with Crippen LogP contribution in [-0.4, -0.2) is 50.4 Å². The Morgan fingerprint density at radius 2 is 1.97 bits per heavy atom. The van der Waals surface area contributed by atoms with Crippen molar-refractivity contribution in [3.63, 3.8) is 0 Å². The van der Waals surface area contributed by atoms with Crippen molar-refractivity contribution in [2.75, 3.05) is 19.6 Å². The highest BCUT2D eigenvalue weighted by Crippen LogP contribution is 2.19. The lowest BCUT2D eigenvalue weighted by Gasteiger charge is -2.31. The molecule has 1 amide bonds. The van der Waals surface area contributed by atoms with Crippen molar-refractivity contribution in [2.24, 2.45) is 5.92 Å². The average molecular weight is 403 g/mol. The monoisotopic (exact) mass is 402 g/mol. The molecule has 3 rings (SSSR count). The Kier molecular flexibility index (Phi) is 7.05. The summed E-state index contributed by atoms with van der Waals surface area (Å²) in [6.07, 6.45) is 3.07. The lowest BCUT2D eigenvalue weighted by atomic mass is 9.97. The summed E-state index contributed by atoms with van der Waals surface area (Å²) in [5.74, 6) is 2.19. The lowest BCUT2D eigenvalue weighted by molar-refractivity contribution is -0.122. The molecule has 160 valence electrons. The number of rotatable bonds is 8. The SMILES string of the molecule is CCc1c(C)nn(CC(=O)NCC2CCN(Cc3nnc(C(C)C)o3)CC2)c1C. The van der Waals surface area contributed by atoms with Crippen LogP contribution in [0, 0.1) is 19.8 Å². The van der Waals surface area contributed by atoms with Gasteiger partial charge in [-0.25, -0.2) is 0 Å². The molecule has 0 atom stereocenters. The highest BCUT2D eigenvalue weighted by atomic mass is 16.4. The van der Waals surface area contributed by atoms with Gasteiger partial charge in [0, 0.05) is 18.2 Å². The van der Waals surface area contributed by atoms with E-state index in [1.807, 2.05) is 18.5 Å². The molecule has 0 saturated carbocycles. The zero-order valence-electron chi connectivity index (χ0n) is 18.4. The number of carbonyl (C=O) groups excluding carboxylic acids is 1. The van der Waals surface area contributed by atoms with Gasteiger partial charge in [0.25, 0.3) is 0 Å². The summed E-state index contributed by atoms with van der Waals surface area (Å²) in [4.78, 5) is 14.7. The average Bonchev–Trinajstić information content (AvgIpc) is 3.26. The van der Waals surface area contributed by atoms with E-state index in [9.17, 15) is 4.79 Å². The first-order valence-corrected chi connectivity index (χ1v) is 10.7. The molecule has 2 aromatic heterocycles. The Labute approximate surface area is 173 Å². The standard InChI is InChI=1S/C21H34N6O2/c1-6-18-15(4)25-27(16(18)5)12-19(28)22-11-17-7-9-26(10-8-17)13-20-23-24-21(29-20)14(2)3/h14,17H,6-13H2,1-5H3,(H,22,28). The second kappa shape index (κ2) is 9.52. The summed E-state index contributed by atoms with van der Waals surface area (Å²) in [5.41, 5.74) is 3.36. The van der Waals surface area contributed by atoms with Crippen molar-refractivity contribution in [1.29, 1.82) is 0 Å². The van der Waals surface area contributed by atoms with Crippen LogP contribution < -0.4 is 5.32 Å². The Hall–Kier alpha value is -2.22. The minimum atomic E-state index is 0.0350. The second-order valence-electron chi connectivity index (χ2n) is 8.37. The number of hydrogen-bond donors (Lipinski definition) is 1. The molecule has 0 unspecified atom stereocenters. The van der Waals surface area contributed by atoms with Crippen molar-refractivity contribution in [3.05, 3.63) is 28.7 Å². The predicted molar refractivity (Wildman–Crippen MR) is 110 cm³/mol. The van der Waals surface area contributed by atoms with Crippen LogP contribution in [0.3, 0.4) is 0 Å². The maximum atomic E-state index is 12.4. The molecule has 0 bridgehead atoms. The summed E-state index contributed by atoms with van der Waals surface area (Å²) >= 11 is 0. The molecule has 29 heavy (non-hydrogen) atoms. The van der Waals surface area contributed by atoms with Gasteiger partial charge in [0.05, 0.1) is 12.2 Å². The Balaban J connectivity index is 1.40. The van der Waals surface area contributed by atoms with E-state index in [1.54, 1.807) is 0 Å². The normalized spacial score (nSPS) is 15.9. The van der Waals surface area contributed by atoms with E-state index in [0.29, 0.717) is 30.8 Å². The molecule has 8 heteroatoms. The van der Waals surface area contributed by atoms with Crippen LogP contribution in [0.5, 0.6) is 0 Å². The number of amides is 1.